The van der Waals surface area contributed by atoms with Crippen molar-refractivity contribution in [2.24, 2.45) is 0 Å². The summed E-state index contributed by atoms with van der Waals surface area (Å²) in [6, 6.07) is 11.6. The van der Waals surface area contributed by atoms with Crippen molar-refractivity contribution in [2.45, 2.75) is 46.2 Å². The van der Waals surface area contributed by atoms with Crippen LogP contribution in [0.1, 0.15) is 43.8 Å². The number of rotatable bonds is 5. The molecule has 2 aromatic carbocycles. The fraction of sp³-hybridized carbons (Fsp3) is 0.364. The number of nitrogens with zero attached hydrogens (tertiary/aromatic N) is 3. The fourth-order valence-electron chi connectivity index (χ4n) is 3.25. The second-order valence-electron chi connectivity index (χ2n) is 7.53. The number of imidazole rings is 1. The molecule has 4 nitrogen and oxygen atoms in total. The molecule has 1 atom stereocenters. The lowest BCUT2D eigenvalue weighted by Gasteiger charge is -2.27. The summed E-state index contributed by atoms with van der Waals surface area (Å²) in [5.74, 6) is 0.848. The first kappa shape index (κ1) is 20.7. The summed E-state index contributed by atoms with van der Waals surface area (Å²) in [4.78, 5) is 19.6. The Kier molecular flexibility index (Phi) is 6.01. The number of amides is 1. The highest BCUT2D eigenvalue weighted by atomic mass is 35.5. The maximum absolute atomic E-state index is 13.0. The Morgan fingerprint density at radius 2 is 1.71 bits per heavy atom. The molecular formula is C22H25Cl2N3O. The van der Waals surface area contributed by atoms with E-state index in [-0.39, 0.29) is 11.9 Å². The van der Waals surface area contributed by atoms with E-state index in [1.165, 1.54) is 5.56 Å². The Labute approximate surface area is 176 Å². The van der Waals surface area contributed by atoms with Gasteiger partial charge in [-0.05, 0) is 45.4 Å². The van der Waals surface area contributed by atoms with E-state index in [1.54, 1.807) is 17.0 Å². The molecule has 0 fully saturated rings. The molecule has 0 saturated carbocycles. The molecule has 0 aliphatic heterocycles. The minimum Gasteiger partial charge on any atom is -0.342 e. The third kappa shape index (κ3) is 4.03. The number of fused-ring (bicyclic) bond motifs is 1. The highest BCUT2D eigenvalue weighted by molar-refractivity contribution is 6.42. The number of hydrogen-bond acceptors (Lipinski definition) is 2. The molecule has 0 unspecified atom stereocenters. The Balaban J connectivity index is 2.12. The Morgan fingerprint density at radius 3 is 2.32 bits per heavy atom. The monoisotopic (exact) mass is 417 g/mol. The van der Waals surface area contributed by atoms with Crippen LogP contribution in [0.4, 0.5) is 0 Å². The van der Waals surface area contributed by atoms with Crippen molar-refractivity contribution in [1.29, 1.82) is 0 Å². The van der Waals surface area contributed by atoms with E-state index in [1.807, 2.05) is 32.4 Å². The van der Waals surface area contributed by atoms with Gasteiger partial charge in [-0.25, -0.2) is 4.98 Å². The van der Waals surface area contributed by atoms with Crippen LogP contribution in [-0.2, 0) is 11.2 Å². The van der Waals surface area contributed by atoms with Crippen LogP contribution in [0, 0.1) is 6.92 Å². The zero-order valence-electron chi connectivity index (χ0n) is 16.8. The van der Waals surface area contributed by atoms with Crippen LogP contribution in [0.5, 0.6) is 0 Å². The maximum atomic E-state index is 13.0. The van der Waals surface area contributed by atoms with Crippen molar-refractivity contribution in [2.75, 3.05) is 7.05 Å². The van der Waals surface area contributed by atoms with Gasteiger partial charge in [0, 0.05) is 19.5 Å². The second kappa shape index (κ2) is 8.14. The van der Waals surface area contributed by atoms with Crippen molar-refractivity contribution in [1.82, 2.24) is 14.5 Å². The van der Waals surface area contributed by atoms with Gasteiger partial charge >= 0.3 is 0 Å². The minimum absolute atomic E-state index is 0.0329. The molecule has 148 valence electrons. The van der Waals surface area contributed by atoms with E-state index >= 15 is 0 Å². The molecule has 0 aliphatic rings. The van der Waals surface area contributed by atoms with E-state index in [0.29, 0.717) is 16.5 Å². The van der Waals surface area contributed by atoms with Gasteiger partial charge in [0.2, 0.25) is 5.91 Å². The first-order valence-electron chi connectivity index (χ1n) is 9.37. The molecule has 3 rings (SSSR count). The second-order valence-corrected chi connectivity index (χ2v) is 8.35. The van der Waals surface area contributed by atoms with Gasteiger partial charge in [0.15, 0.2) is 0 Å². The first-order chi connectivity index (χ1) is 13.2. The quantitative estimate of drug-likeness (QED) is 0.536. The summed E-state index contributed by atoms with van der Waals surface area (Å²) in [5.41, 5.74) is 3.90. The summed E-state index contributed by atoms with van der Waals surface area (Å²) in [7, 11) is 1.83. The predicted octanol–water partition coefficient (Wildman–Crippen LogP) is 5.67. The van der Waals surface area contributed by atoms with Crippen LogP contribution < -0.4 is 0 Å². The van der Waals surface area contributed by atoms with Crippen LogP contribution in [0.15, 0.2) is 36.4 Å². The zero-order chi connectivity index (χ0) is 20.6. The van der Waals surface area contributed by atoms with Gasteiger partial charge in [-0.15, -0.1) is 0 Å². The molecule has 0 N–H and O–H groups in total. The summed E-state index contributed by atoms with van der Waals surface area (Å²) >= 11 is 12.5. The molecule has 1 heterocycles. The standard InChI is InChI=1S/C22H25Cl2N3O/c1-13(2)26(5)22(28)15(4)27-20-12-18(24)17(23)11-19(20)25-21(27)10-16-8-6-14(3)7-9-16/h6-9,11-13,15H,10H2,1-5H3/t15-/m1/s1. The van der Waals surface area contributed by atoms with Gasteiger partial charge in [-0.2, -0.15) is 0 Å². The average molecular weight is 418 g/mol. The largest absolute Gasteiger partial charge is 0.342 e. The third-order valence-electron chi connectivity index (χ3n) is 5.15. The number of benzene rings is 2. The summed E-state index contributed by atoms with van der Waals surface area (Å²) < 4.78 is 1.98. The topological polar surface area (TPSA) is 38.1 Å². The van der Waals surface area contributed by atoms with Gasteiger partial charge in [-0.1, -0.05) is 53.0 Å². The van der Waals surface area contributed by atoms with Crippen molar-refractivity contribution >= 4 is 40.1 Å². The number of likely N-dealkylation sites (N-methyl/N-ethyl adjacent to an activating group) is 1. The minimum atomic E-state index is -0.407. The van der Waals surface area contributed by atoms with Crippen LogP contribution in [0.25, 0.3) is 11.0 Å². The lowest BCUT2D eigenvalue weighted by Crippen LogP contribution is -2.38. The predicted molar refractivity (Wildman–Crippen MR) is 116 cm³/mol. The van der Waals surface area contributed by atoms with E-state index in [2.05, 4.69) is 31.2 Å². The number of carbonyl (C=O) groups excluding carboxylic acids is 1. The van der Waals surface area contributed by atoms with Crippen molar-refractivity contribution < 1.29 is 4.79 Å². The van der Waals surface area contributed by atoms with Gasteiger partial charge in [0.25, 0.3) is 0 Å². The molecule has 0 saturated heterocycles. The van der Waals surface area contributed by atoms with Crippen molar-refractivity contribution in [3.8, 4) is 0 Å². The molecule has 1 aromatic heterocycles. The average Bonchev–Trinajstić information content (AvgIpc) is 2.98. The molecule has 0 spiro atoms. The summed E-state index contributed by atoms with van der Waals surface area (Å²) in [5, 5.41) is 0.910. The Bertz CT molecular complexity index is 1010. The molecule has 0 bridgehead atoms. The van der Waals surface area contributed by atoms with Gasteiger partial charge < -0.3 is 9.47 Å². The van der Waals surface area contributed by atoms with Gasteiger partial charge in [0.1, 0.15) is 11.9 Å². The number of carbonyl (C=O) groups is 1. The summed E-state index contributed by atoms with van der Waals surface area (Å²) in [6.45, 7) is 7.97. The van der Waals surface area contributed by atoms with Gasteiger partial charge in [0.05, 0.1) is 21.1 Å². The smallest absolute Gasteiger partial charge is 0.245 e. The molecule has 1 amide bonds. The fourth-order valence-corrected chi connectivity index (χ4v) is 3.56. The number of hydrogen-bond donors (Lipinski definition) is 0. The SMILES string of the molecule is Cc1ccc(Cc2nc3cc(Cl)c(Cl)cc3n2[C@H](C)C(=O)N(C)C(C)C)cc1. The Morgan fingerprint density at radius 1 is 1.11 bits per heavy atom. The van der Waals surface area contributed by atoms with Crippen LogP contribution in [0.3, 0.4) is 0 Å². The molecular weight excluding hydrogens is 393 g/mol. The highest BCUT2D eigenvalue weighted by Gasteiger charge is 2.26. The molecule has 0 radical (unpaired) electrons. The lowest BCUT2D eigenvalue weighted by atomic mass is 10.1. The number of aromatic nitrogens is 2. The van der Waals surface area contributed by atoms with E-state index in [9.17, 15) is 4.79 Å². The number of aryl methyl sites for hydroxylation is 1. The number of halogens is 2. The normalized spacial score (nSPS) is 12.6. The van der Waals surface area contributed by atoms with E-state index < -0.39 is 6.04 Å². The third-order valence-corrected chi connectivity index (χ3v) is 5.88. The first-order valence-corrected chi connectivity index (χ1v) is 10.1. The zero-order valence-corrected chi connectivity index (χ0v) is 18.3. The summed E-state index contributed by atoms with van der Waals surface area (Å²) in [6.07, 6.45) is 0.618. The molecule has 0 aliphatic carbocycles. The molecule has 6 heteroatoms. The Hall–Kier alpha value is -2.04. The van der Waals surface area contributed by atoms with Gasteiger partial charge in [-0.3, -0.25) is 4.79 Å². The van der Waals surface area contributed by atoms with Crippen LogP contribution in [0.2, 0.25) is 10.0 Å². The van der Waals surface area contributed by atoms with Crippen molar-refractivity contribution in [3.05, 3.63) is 63.4 Å². The van der Waals surface area contributed by atoms with E-state index in [4.69, 9.17) is 28.2 Å². The van der Waals surface area contributed by atoms with Crippen LogP contribution in [-0.4, -0.2) is 33.4 Å². The lowest BCUT2D eigenvalue weighted by molar-refractivity contribution is -0.134. The molecule has 28 heavy (non-hydrogen) atoms. The maximum Gasteiger partial charge on any atom is 0.245 e. The van der Waals surface area contributed by atoms with E-state index in [0.717, 1.165) is 22.4 Å². The van der Waals surface area contributed by atoms with Crippen molar-refractivity contribution in [3.63, 3.8) is 0 Å². The molecule has 3 aromatic rings. The highest BCUT2D eigenvalue weighted by Crippen LogP contribution is 2.31. The van der Waals surface area contributed by atoms with Crippen LogP contribution >= 0.6 is 23.2 Å².